The summed E-state index contributed by atoms with van der Waals surface area (Å²) in [5, 5.41) is 7.14. The zero-order valence-electron chi connectivity index (χ0n) is 10.4. The van der Waals surface area contributed by atoms with Gasteiger partial charge in [0.15, 0.2) is 0 Å². The Labute approximate surface area is 112 Å². The molecular weight excluding hydrogens is 248 g/mol. The Hall–Kier alpha value is -1.22. The molecule has 18 heavy (non-hydrogen) atoms. The largest absolute Gasteiger partial charge is 0.369 e. The number of fused-ring (bicyclic) bond motifs is 1. The zero-order chi connectivity index (χ0) is 12.8. The molecule has 2 aliphatic rings. The van der Waals surface area contributed by atoms with Crippen LogP contribution >= 0.6 is 11.6 Å². The van der Waals surface area contributed by atoms with E-state index in [9.17, 15) is 4.79 Å². The number of nitrogens with one attached hydrogen (secondary N) is 2. The molecule has 1 spiro atoms. The summed E-state index contributed by atoms with van der Waals surface area (Å²) in [7, 11) is 0. The summed E-state index contributed by atoms with van der Waals surface area (Å²) in [6, 6.07) is 5.53. The van der Waals surface area contributed by atoms with Crippen LogP contribution in [0.4, 0.5) is 11.4 Å². The fraction of sp³-hybridized carbons (Fsp3) is 0.500. The van der Waals surface area contributed by atoms with Crippen molar-refractivity contribution in [3.05, 3.63) is 23.2 Å². The Morgan fingerprint density at radius 2 is 2.22 bits per heavy atom. The third kappa shape index (κ3) is 1.87. The molecule has 1 aromatic rings. The van der Waals surface area contributed by atoms with Crippen LogP contribution in [0.3, 0.4) is 0 Å². The van der Waals surface area contributed by atoms with Crippen LogP contribution in [0.15, 0.2) is 18.2 Å². The van der Waals surface area contributed by atoms with Crippen molar-refractivity contribution in [2.24, 2.45) is 5.92 Å². The summed E-state index contributed by atoms with van der Waals surface area (Å²) in [6.45, 7) is 2.21. The molecule has 0 radical (unpaired) electrons. The molecule has 2 atom stereocenters. The lowest BCUT2D eigenvalue weighted by Gasteiger charge is -2.43. The number of amides is 1. The minimum atomic E-state index is -0.435. The predicted octanol–water partition coefficient (Wildman–Crippen LogP) is 3.65. The molecular formula is C14H17ClN2O. The van der Waals surface area contributed by atoms with Crippen molar-refractivity contribution in [3.8, 4) is 0 Å². The van der Waals surface area contributed by atoms with Gasteiger partial charge in [-0.15, -0.1) is 0 Å². The van der Waals surface area contributed by atoms with Gasteiger partial charge >= 0.3 is 0 Å². The first-order valence-corrected chi connectivity index (χ1v) is 6.86. The second-order valence-electron chi connectivity index (χ2n) is 5.55. The Morgan fingerprint density at radius 3 is 3.00 bits per heavy atom. The van der Waals surface area contributed by atoms with Crippen molar-refractivity contribution in [2.75, 3.05) is 10.6 Å². The third-order valence-corrected chi connectivity index (χ3v) is 4.27. The molecule has 4 heteroatoms. The molecule has 3 rings (SSSR count). The van der Waals surface area contributed by atoms with E-state index < -0.39 is 5.54 Å². The molecule has 2 N–H and O–H groups in total. The number of carbonyl (C=O) groups is 1. The number of anilines is 2. The van der Waals surface area contributed by atoms with E-state index in [0.717, 1.165) is 30.6 Å². The first-order valence-electron chi connectivity index (χ1n) is 6.48. The normalized spacial score (nSPS) is 30.6. The molecule has 0 saturated heterocycles. The van der Waals surface area contributed by atoms with Crippen LogP contribution in [-0.2, 0) is 4.79 Å². The van der Waals surface area contributed by atoms with Gasteiger partial charge in [0.05, 0.1) is 11.4 Å². The lowest BCUT2D eigenvalue weighted by molar-refractivity contribution is -0.122. The van der Waals surface area contributed by atoms with E-state index in [-0.39, 0.29) is 5.91 Å². The molecule has 1 fully saturated rings. The van der Waals surface area contributed by atoms with Crippen LogP contribution < -0.4 is 10.6 Å². The molecule has 1 saturated carbocycles. The van der Waals surface area contributed by atoms with Gasteiger partial charge in [0.1, 0.15) is 5.54 Å². The summed E-state index contributed by atoms with van der Waals surface area (Å²) in [5.74, 6) is 0.682. The van der Waals surface area contributed by atoms with Crippen molar-refractivity contribution in [3.63, 3.8) is 0 Å². The summed E-state index contributed by atoms with van der Waals surface area (Å²) < 4.78 is 0. The Bertz CT molecular complexity index is 503. The van der Waals surface area contributed by atoms with E-state index >= 15 is 0 Å². The number of rotatable bonds is 0. The Balaban J connectivity index is 1.97. The summed E-state index contributed by atoms with van der Waals surface area (Å²) in [4.78, 5) is 12.4. The van der Waals surface area contributed by atoms with Gasteiger partial charge in [-0.2, -0.15) is 0 Å². The monoisotopic (exact) mass is 264 g/mol. The number of carbonyl (C=O) groups excluding carboxylic acids is 1. The molecule has 1 aliphatic carbocycles. The first kappa shape index (κ1) is 11.8. The fourth-order valence-corrected chi connectivity index (χ4v) is 3.33. The fourth-order valence-electron chi connectivity index (χ4n) is 3.16. The minimum absolute atomic E-state index is 0.101. The smallest absolute Gasteiger partial charge is 0.250 e. The molecule has 1 aromatic carbocycles. The van der Waals surface area contributed by atoms with Crippen LogP contribution in [0.1, 0.15) is 32.6 Å². The summed E-state index contributed by atoms with van der Waals surface area (Å²) in [5.41, 5.74) is 1.33. The van der Waals surface area contributed by atoms with Crippen LogP contribution in [0, 0.1) is 5.92 Å². The molecule has 0 bridgehead atoms. The molecule has 1 aliphatic heterocycles. The highest BCUT2D eigenvalue weighted by molar-refractivity contribution is 6.31. The first-order chi connectivity index (χ1) is 8.59. The molecule has 96 valence electrons. The molecule has 0 aromatic heterocycles. The molecule has 1 heterocycles. The standard InChI is InChI=1S/C14H17ClN2O/c1-9-3-2-6-14(8-9)13(18)16-11-5-4-10(15)7-12(11)17-14/h4-5,7,9,17H,2-3,6,8H2,1H3,(H,16,18). The van der Waals surface area contributed by atoms with Gasteiger partial charge in [-0.05, 0) is 37.0 Å². The summed E-state index contributed by atoms with van der Waals surface area (Å²) >= 11 is 6.02. The van der Waals surface area contributed by atoms with Crippen molar-refractivity contribution in [2.45, 2.75) is 38.1 Å². The van der Waals surface area contributed by atoms with Gasteiger partial charge in [0.25, 0.3) is 0 Å². The van der Waals surface area contributed by atoms with Gasteiger partial charge in [-0.1, -0.05) is 31.4 Å². The highest BCUT2D eigenvalue weighted by Gasteiger charge is 2.44. The van der Waals surface area contributed by atoms with Crippen molar-refractivity contribution in [1.29, 1.82) is 0 Å². The maximum atomic E-state index is 12.4. The van der Waals surface area contributed by atoms with Gasteiger partial charge < -0.3 is 10.6 Å². The van der Waals surface area contributed by atoms with E-state index in [4.69, 9.17) is 11.6 Å². The average molecular weight is 265 g/mol. The van der Waals surface area contributed by atoms with E-state index in [1.165, 1.54) is 6.42 Å². The number of benzene rings is 1. The molecule has 1 amide bonds. The summed E-state index contributed by atoms with van der Waals surface area (Å²) in [6.07, 6.45) is 4.09. The van der Waals surface area contributed by atoms with Crippen LogP contribution in [-0.4, -0.2) is 11.4 Å². The number of hydrogen-bond acceptors (Lipinski definition) is 2. The second-order valence-corrected chi connectivity index (χ2v) is 5.99. The van der Waals surface area contributed by atoms with E-state index in [1.807, 2.05) is 12.1 Å². The van der Waals surface area contributed by atoms with Gasteiger partial charge in [0.2, 0.25) is 5.91 Å². The average Bonchev–Trinajstić information content (AvgIpc) is 2.31. The Kier molecular flexibility index (Phi) is 2.74. The topological polar surface area (TPSA) is 41.1 Å². The van der Waals surface area contributed by atoms with Gasteiger partial charge in [-0.3, -0.25) is 4.79 Å². The molecule has 3 nitrogen and oxygen atoms in total. The SMILES string of the molecule is CC1CCCC2(C1)Nc1cc(Cl)ccc1NC2=O. The lowest BCUT2D eigenvalue weighted by Crippen LogP contribution is -2.54. The van der Waals surface area contributed by atoms with Gasteiger partial charge in [0, 0.05) is 5.02 Å². The van der Waals surface area contributed by atoms with Crippen LogP contribution in [0.25, 0.3) is 0 Å². The maximum Gasteiger partial charge on any atom is 0.250 e. The van der Waals surface area contributed by atoms with E-state index in [0.29, 0.717) is 10.9 Å². The van der Waals surface area contributed by atoms with E-state index in [2.05, 4.69) is 17.6 Å². The highest BCUT2D eigenvalue weighted by atomic mass is 35.5. The highest BCUT2D eigenvalue weighted by Crippen LogP contribution is 2.41. The van der Waals surface area contributed by atoms with Crippen molar-refractivity contribution in [1.82, 2.24) is 0 Å². The van der Waals surface area contributed by atoms with Gasteiger partial charge in [-0.25, -0.2) is 0 Å². The molecule has 2 unspecified atom stereocenters. The lowest BCUT2D eigenvalue weighted by atomic mass is 9.75. The van der Waals surface area contributed by atoms with E-state index in [1.54, 1.807) is 6.07 Å². The second kappa shape index (κ2) is 4.16. The minimum Gasteiger partial charge on any atom is -0.369 e. The Morgan fingerprint density at radius 1 is 1.39 bits per heavy atom. The van der Waals surface area contributed by atoms with Crippen LogP contribution in [0.5, 0.6) is 0 Å². The number of hydrogen-bond donors (Lipinski definition) is 2. The predicted molar refractivity (Wildman–Crippen MR) is 74.1 cm³/mol. The number of halogens is 1. The van der Waals surface area contributed by atoms with Crippen molar-refractivity contribution >= 4 is 28.9 Å². The maximum absolute atomic E-state index is 12.4. The quantitative estimate of drug-likeness (QED) is 0.751. The van der Waals surface area contributed by atoms with Crippen molar-refractivity contribution < 1.29 is 4.79 Å². The van der Waals surface area contributed by atoms with Crippen LogP contribution in [0.2, 0.25) is 5.02 Å². The third-order valence-electron chi connectivity index (χ3n) is 4.04. The zero-order valence-corrected chi connectivity index (χ0v) is 11.2.